The van der Waals surface area contributed by atoms with Crippen molar-refractivity contribution in [2.75, 3.05) is 24.5 Å². The van der Waals surface area contributed by atoms with E-state index >= 15 is 0 Å². The number of pyridine rings is 2. The molecule has 212 valence electrons. The van der Waals surface area contributed by atoms with Crippen LogP contribution in [0.1, 0.15) is 40.9 Å². The number of hydrogen-bond donors (Lipinski definition) is 2. The van der Waals surface area contributed by atoms with Gasteiger partial charge in [0.2, 0.25) is 0 Å². The Morgan fingerprint density at radius 1 is 1.17 bits per heavy atom. The van der Waals surface area contributed by atoms with Gasteiger partial charge in [-0.1, -0.05) is 17.7 Å². The summed E-state index contributed by atoms with van der Waals surface area (Å²) in [4.78, 5) is 23.3. The van der Waals surface area contributed by atoms with Crippen LogP contribution in [-0.4, -0.2) is 40.0 Å². The largest absolute Gasteiger partial charge is 0.417 e. The molecule has 6 rings (SSSR count). The van der Waals surface area contributed by atoms with Gasteiger partial charge < -0.3 is 10.6 Å². The van der Waals surface area contributed by atoms with E-state index in [9.17, 15) is 18.0 Å². The Hall–Kier alpha value is -3.54. The molecule has 2 N–H and O–H groups in total. The van der Waals surface area contributed by atoms with Gasteiger partial charge in [-0.05, 0) is 91.1 Å². The highest BCUT2D eigenvalue weighted by molar-refractivity contribution is 7.13. The third-order valence-corrected chi connectivity index (χ3v) is 8.78. The number of nitrogens with zero attached hydrogens (tertiary/aromatic N) is 4. The van der Waals surface area contributed by atoms with Crippen LogP contribution in [-0.2, 0) is 24.6 Å². The first-order valence-corrected chi connectivity index (χ1v) is 14.4. The van der Waals surface area contributed by atoms with Gasteiger partial charge >= 0.3 is 12.2 Å². The van der Waals surface area contributed by atoms with Crippen LogP contribution in [0.3, 0.4) is 0 Å². The van der Waals surface area contributed by atoms with Crippen LogP contribution in [0.4, 0.5) is 23.7 Å². The lowest BCUT2D eigenvalue weighted by Crippen LogP contribution is -2.46. The number of rotatable bonds is 5. The van der Waals surface area contributed by atoms with Crippen molar-refractivity contribution in [1.82, 2.24) is 25.0 Å². The summed E-state index contributed by atoms with van der Waals surface area (Å²) >= 11 is 7.43. The molecule has 2 aliphatic rings. The van der Waals surface area contributed by atoms with Crippen LogP contribution in [0.15, 0.2) is 54.9 Å². The molecule has 1 aromatic carbocycles. The van der Waals surface area contributed by atoms with Crippen molar-refractivity contribution >= 4 is 51.0 Å². The van der Waals surface area contributed by atoms with E-state index in [1.165, 1.54) is 17.6 Å². The fraction of sp³-hybridized carbons (Fsp3) is 0.310. The smallest absolute Gasteiger partial charge is 0.334 e. The van der Waals surface area contributed by atoms with Gasteiger partial charge in [-0.25, -0.2) is 9.78 Å². The highest BCUT2D eigenvalue weighted by Crippen LogP contribution is 2.50. The quantitative estimate of drug-likeness (QED) is 0.261. The topological polar surface area (TPSA) is 83.0 Å². The van der Waals surface area contributed by atoms with Gasteiger partial charge in [-0.3, -0.25) is 9.88 Å². The minimum atomic E-state index is -4.42. The average Bonchev–Trinajstić information content (AvgIpc) is 3.51. The Morgan fingerprint density at radius 2 is 2.00 bits per heavy atom. The van der Waals surface area contributed by atoms with Gasteiger partial charge in [0.15, 0.2) is 0 Å². The molecule has 0 atom stereocenters. The molecular formula is C29H26ClF3N6OS. The van der Waals surface area contributed by atoms with E-state index in [0.29, 0.717) is 30.4 Å². The van der Waals surface area contributed by atoms with E-state index in [1.807, 2.05) is 29.2 Å². The van der Waals surface area contributed by atoms with Crippen molar-refractivity contribution in [2.45, 2.75) is 37.4 Å². The number of halogens is 4. The van der Waals surface area contributed by atoms with Gasteiger partial charge in [0, 0.05) is 42.7 Å². The number of carbonyl (C=O) groups excluding carboxylic acids is 1. The second-order valence-corrected chi connectivity index (χ2v) is 11.5. The Labute approximate surface area is 243 Å². The van der Waals surface area contributed by atoms with Crippen LogP contribution in [0, 0.1) is 0 Å². The molecule has 0 aliphatic carbocycles. The van der Waals surface area contributed by atoms with Gasteiger partial charge in [0.25, 0.3) is 0 Å². The molecule has 0 unspecified atom stereocenters. The first-order valence-electron chi connectivity index (χ1n) is 13.2. The molecule has 1 spiro atoms. The van der Waals surface area contributed by atoms with E-state index in [0.717, 1.165) is 70.8 Å². The molecule has 41 heavy (non-hydrogen) atoms. The summed E-state index contributed by atoms with van der Waals surface area (Å²) in [7, 11) is 0. The molecule has 7 nitrogen and oxygen atoms in total. The molecule has 2 amide bonds. The van der Waals surface area contributed by atoms with E-state index < -0.39 is 11.7 Å². The number of amides is 2. The van der Waals surface area contributed by atoms with Crippen LogP contribution in [0.2, 0.25) is 5.15 Å². The first-order chi connectivity index (χ1) is 19.7. The average molecular weight is 599 g/mol. The number of carbonyl (C=O) groups is 1. The number of benzene rings is 1. The normalized spacial score (nSPS) is 16.5. The van der Waals surface area contributed by atoms with E-state index in [-0.39, 0.29) is 11.4 Å². The summed E-state index contributed by atoms with van der Waals surface area (Å²) in [5.41, 5.74) is 3.26. The van der Waals surface area contributed by atoms with Crippen LogP contribution < -0.4 is 15.5 Å². The summed E-state index contributed by atoms with van der Waals surface area (Å²) < 4.78 is 44.4. The summed E-state index contributed by atoms with van der Waals surface area (Å²) in [6, 6.07) is 9.79. The van der Waals surface area contributed by atoms with Gasteiger partial charge in [0.1, 0.15) is 5.15 Å². The lowest BCUT2D eigenvalue weighted by Gasteiger charge is -2.35. The molecule has 12 heteroatoms. The van der Waals surface area contributed by atoms with Crippen molar-refractivity contribution in [2.24, 2.45) is 0 Å². The maximum Gasteiger partial charge on any atom is 0.417 e. The number of hydrogen-bond acceptors (Lipinski definition) is 6. The Bertz CT molecular complexity index is 1620. The molecule has 2 aliphatic heterocycles. The number of allylic oxidation sites excluding steroid dienone is 1. The number of alkyl halides is 3. The zero-order valence-electron chi connectivity index (χ0n) is 21.8. The molecular weight excluding hydrogens is 573 g/mol. The fourth-order valence-corrected chi connectivity index (χ4v) is 6.75. The SMILES string of the molecule is O=C(NCc1ccnc(Cl)c1)N1CC2(CCNCC2)c2c1ccc1snc(C/C=C/c3ccc(C(F)(F)F)cn3)c21. The molecule has 5 heterocycles. The third-order valence-electron chi connectivity index (χ3n) is 7.72. The Kier molecular flexibility index (Phi) is 7.43. The zero-order chi connectivity index (χ0) is 28.6. The lowest BCUT2D eigenvalue weighted by molar-refractivity contribution is -0.137. The standard InChI is InChI=1S/C29H26ClF3N6OS/c30-24-14-18(8-11-35-24)15-37-27(40)39-17-28(9-12-34-13-10-28)26-22(39)6-7-23-25(26)21(38-41-23)3-1-2-20-5-4-19(16-36-20)29(31,32)33/h1-2,4-8,11,14,16,34H,3,9-10,12-13,15,17H2,(H,37,40)/b2-1+. The Balaban J connectivity index is 1.29. The number of anilines is 1. The van der Waals surface area contributed by atoms with Crippen molar-refractivity contribution < 1.29 is 18.0 Å². The number of urea groups is 1. The Morgan fingerprint density at radius 3 is 2.73 bits per heavy atom. The molecule has 0 radical (unpaired) electrons. The van der Waals surface area contributed by atoms with E-state index in [2.05, 4.69) is 20.6 Å². The molecule has 1 saturated heterocycles. The molecule has 1 fully saturated rings. The maximum atomic E-state index is 13.5. The molecule has 3 aromatic heterocycles. The summed E-state index contributed by atoms with van der Waals surface area (Å²) in [5.74, 6) is 0. The number of fused-ring (bicyclic) bond motifs is 4. The second-order valence-electron chi connectivity index (χ2n) is 10.3. The number of nitrogens with one attached hydrogen (secondary N) is 2. The predicted molar refractivity (Wildman–Crippen MR) is 154 cm³/mol. The molecule has 4 aromatic rings. The van der Waals surface area contributed by atoms with E-state index in [1.54, 1.807) is 18.3 Å². The minimum absolute atomic E-state index is 0.174. The van der Waals surface area contributed by atoms with Crippen molar-refractivity contribution in [3.05, 3.63) is 88.1 Å². The van der Waals surface area contributed by atoms with Crippen molar-refractivity contribution in [3.8, 4) is 0 Å². The lowest BCUT2D eigenvalue weighted by atomic mass is 9.73. The highest BCUT2D eigenvalue weighted by Gasteiger charge is 2.47. The van der Waals surface area contributed by atoms with Gasteiger partial charge in [-0.15, -0.1) is 0 Å². The minimum Gasteiger partial charge on any atom is -0.334 e. The number of piperidine rings is 1. The van der Waals surface area contributed by atoms with Crippen molar-refractivity contribution in [1.29, 1.82) is 0 Å². The monoisotopic (exact) mass is 598 g/mol. The zero-order valence-corrected chi connectivity index (χ0v) is 23.4. The molecule has 0 bridgehead atoms. The van der Waals surface area contributed by atoms with E-state index in [4.69, 9.17) is 16.0 Å². The fourth-order valence-electron chi connectivity index (χ4n) is 5.74. The highest BCUT2D eigenvalue weighted by atomic mass is 35.5. The summed E-state index contributed by atoms with van der Waals surface area (Å²) in [6.45, 7) is 2.62. The maximum absolute atomic E-state index is 13.5. The van der Waals surface area contributed by atoms with Crippen LogP contribution >= 0.6 is 23.1 Å². The van der Waals surface area contributed by atoms with Crippen molar-refractivity contribution in [3.63, 3.8) is 0 Å². The molecule has 0 saturated carbocycles. The summed E-state index contributed by atoms with van der Waals surface area (Å²) in [5, 5.41) is 7.92. The van der Waals surface area contributed by atoms with Gasteiger partial charge in [-0.2, -0.15) is 17.5 Å². The van der Waals surface area contributed by atoms with Crippen LogP contribution in [0.5, 0.6) is 0 Å². The second kappa shape index (κ2) is 11.0. The first kappa shape index (κ1) is 27.6. The number of aromatic nitrogens is 3. The van der Waals surface area contributed by atoms with Crippen LogP contribution in [0.25, 0.3) is 16.2 Å². The third kappa shape index (κ3) is 5.53. The predicted octanol–water partition coefficient (Wildman–Crippen LogP) is 6.37. The summed E-state index contributed by atoms with van der Waals surface area (Å²) in [6.07, 6.45) is 3.89. The van der Waals surface area contributed by atoms with Gasteiger partial charge in [0.05, 0.1) is 27.3 Å².